The molecule has 4 amide bonds. The van der Waals surface area contributed by atoms with Gasteiger partial charge in [-0.1, -0.05) is 62.2 Å². The van der Waals surface area contributed by atoms with Gasteiger partial charge >= 0.3 is 0 Å². The van der Waals surface area contributed by atoms with Crippen molar-refractivity contribution in [2.75, 3.05) is 36.4 Å². The van der Waals surface area contributed by atoms with Crippen LogP contribution in [0.1, 0.15) is 50.2 Å². The van der Waals surface area contributed by atoms with Crippen molar-refractivity contribution >= 4 is 35.6 Å². The number of nitrogens with one attached hydrogen (secondary N) is 2. The first-order chi connectivity index (χ1) is 22.4. The van der Waals surface area contributed by atoms with E-state index >= 15 is 0 Å². The van der Waals surface area contributed by atoms with E-state index in [-0.39, 0.29) is 23.6 Å². The van der Waals surface area contributed by atoms with Crippen LogP contribution in [0.15, 0.2) is 66.9 Å². The van der Waals surface area contributed by atoms with Gasteiger partial charge in [-0.2, -0.15) is 5.10 Å². The van der Waals surface area contributed by atoms with Gasteiger partial charge in [0.15, 0.2) is 0 Å². The van der Waals surface area contributed by atoms with Gasteiger partial charge in [-0.25, -0.2) is 0 Å². The molecule has 2 aliphatic rings. The number of benzene rings is 2. The van der Waals surface area contributed by atoms with Crippen molar-refractivity contribution in [3.8, 4) is 0 Å². The van der Waals surface area contributed by atoms with Crippen molar-refractivity contribution < 1.29 is 19.2 Å². The van der Waals surface area contributed by atoms with Gasteiger partial charge in [0, 0.05) is 64.4 Å². The smallest absolute Gasteiger partial charge is 0.247 e. The highest BCUT2D eigenvalue weighted by Crippen LogP contribution is 2.32. The molecule has 3 aromatic rings. The third-order valence-electron chi connectivity index (χ3n) is 9.14. The van der Waals surface area contributed by atoms with Crippen LogP contribution in [0.3, 0.4) is 0 Å². The normalized spacial score (nSPS) is 16.9. The minimum absolute atomic E-state index is 0.0496. The van der Waals surface area contributed by atoms with Crippen LogP contribution in [0, 0.1) is 5.92 Å². The zero-order valence-corrected chi connectivity index (χ0v) is 26.8. The van der Waals surface area contributed by atoms with E-state index in [0.717, 1.165) is 50.9 Å². The van der Waals surface area contributed by atoms with E-state index in [4.69, 9.17) is 0 Å². The Morgan fingerprint density at radius 3 is 2.26 bits per heavy atom. The molecule has 1 aliphatic carbocycles. The zero-order valence-electron chi connectivity index (χ0n) is 26.8. The second-order valence-corrected chi connectivity index (χ2v) is 12.3. The summed E-state index contributed by atoms with van der Waals surface area (Å²) in [7, 11) is 1.75. The molecule has 244 valence electrons. The summed E-state index contributed by atoms with van der Waals surface area (Å²) in [6.07, 6.45) is 6.76. The number of hydrogen-bond acceptors (Lipinski definition) is 6. The van der Waals surface area contributed by atoms with Crippen LogP contribution in [0.5, 0.6) is 0 Å². The Kier molecular flexibility index (Phi) is 11.2. The maximum atomic E-state index is 13.7. The summed E-state index contributed by atoms with van der Waals surface area (Å²) in [5, 5.41) is 10.1. The molecule has 11 heteroatoms. The molecule has 0 bridgehead atoms. The molecule has 11 nitrogen and oxygen atoms in total. The average molecular weight is 628 g/mol. The minimum atomic E-state index is -0.680. The molecule has 1 aromatic heterocycles. The van der Waals surface area contributed by atoms with Crippen LogP contribution in [0.4, 0.5) is 11.5 Å². The second kappa shape index (κ2) is 15.7. The van der Waals surface area contributed by atoms with E-state index in [1.54, 1.807) is 43.0 Å². The van der Waals surface area contributed by atoms with Gasteiger partial charge in [0.05, 0.1) is 6.20 Å². The highest BCUT2D eigenvalue weighted by atomic mass is 16.2. The van der Waals surface area contributed by atoms with Gasteiger partial charge in [0.1, 0.15) is 17.9 Å². The summed E-state index contributed by atoms with van der Waals surface area (Å²) in [5.74, 6) is 0.120. The molecule has 2 heterocycles. The molecule has 0 spiro atoms. The highest BCUT2D eigenvalue weighted by Gasteiger charge is 2.37. The van der Waals surface area contributed by atoms with Crippen LogP contribution < -0.4 is 15.5 Å². The lowest BCUT2D eigenvalue weighted by molar-refractivity contribution is -0.138. The SMILES string of the molecule is CCC(=O)N[C@H](Cc1ccc(NC(=O)[C@H](C2CCCC2)N(C=O)c2ccnn2C)cc1)C(=O)N1CCN(Cc2ccccc2)CC1. The molecule has 1 saturated heterocycles. The maximum absolute atomic E-state index is 13.7. The third-order valence-corrected chi connectivity index (χ3v) is 9.14. The predicted molar refractivity (Wildman–Crippen MR) is 177 cm³/mol. The van der Waals surface area contributed by atoms with Gasteiger partial charge < -0.3 is 15.5 Å². The zero-order chi connectivity index (χ0) is 32.5. The largest absolute Gasteiger partial charge is 0.344 e. The van der Waals surface area contributed by atoms with Crippen molar-refractivity contribution in [1.29, 1.82) is 0 Å². The lowest BCUT2D eigenvalue weighted by atomic mass is 9.95. The molecule has 2 aromatic carbocycles. The molecule has 2 atom stereocenters. The van der Waals surface area contributed by atoms with Crippen molar-refractivity contribution in [2.45, 2.75) is 64.1 Å². The van der Waals surface area contributed by atoms with Crippen LogP contribution in [0.25, 0.3) is 0 Å². The number of carbonyl (C=O) groups excluding carboxylic acids is 4. The number of anilines is 2. The number of rotatable bonds is 13. The fraction of sp³-hybridized carbons (Fsp3) is 0.457. The second-order valence-electron chi connectivity index (χ2n) is 12.3. The van der Waals surface area contributed by atoms with Crippen molar-refractivity contribution in [2.24, 2.45) is 13.0 Å². The molecular formula is C35H45N7O4. The fourth-order valence-electron chi connectivity index (χ4n) is 6.58. The molecular weight excluding hydrogens is 582 g/mol. The summed E-state index contributed by atoms with van der Waals surface area (Å²) in [5.41, 5.74) is 2.72. The minimum Gasteiger partial charge on any atom is -0.344 e. The van der Waals surface area contributed by atoms with E-state index in [1.807, 2.05) is 35.2 Å². The molecule has 1 saturated carbocycles. The Bertz CT molecular complexity index is 1460. The maximum Gasteiger partial charge on any atom is 0.247 e. The van der Waals surface area contributed by atoms with E-state index in [9.17, 15) is 19.2 Å². The van der Waals surface area contributed by atoms with E-state index in [1.165, 1.54) is 10.5 Å². The Balaban J connectivity index is 1.22. The van der Waals surface area contributed by atoms with Gasteiger partial charge in [0.25, 0.3) is 0 Å². The number of aryl methyl sites for hydroxylation is 1. The summed E-state index contributed by atoms with van der Waals surface area (Å²) in [6, 6.07) is 18.1. The van der Waals surface area contributed by atoms with Gasteiger partial charge in [0.2, 0.25) is 24.1 Å². The fourth-order valence-corrected chi connectivity index (χ4v) is 6.58. The van der Waals surface area contributed by atoms with E-state index < -0.39 is 12.1 Å². The summed E-state index contributed by atoms with van der Waals surface area (Å²) >= 11 is 0. The molecule has 2 fully saturated rings. The first-order valence-electron chi connectivity index (χ1n) is 16.3. The van der Waals surface area contributed by atoms with E-state index in [2.05, 4.69) is 32.8 Å². The molecule has 1 aliphatic heterocycles. The van der Waals surface area contributed by atoms with E-state index in [0.29, 0.717) is 43.8 Å². The number of amides is 4. The number of aromatic nitrogens is 2. The standard InChI is InChI=1S/C35H45N7O4/c1-3-31(44)38-30(35(46)41-21-19-40(20-22-41)24-27-9-5-4-6-10-27)23-26-13-15-29(16-14-26)37-34(45)33(28-11-7-8-12-28)42(25-43)32-17-18-36-39(32)2/h4-6,9-10,13-18,25,28,30,33H,3,7-8,11-12,19-24H2,1-2H3,(H,37,45)(H,38,44)/t30-,33+/m1/s1. The Hall–Kier alpha value is -4.51. The Morgan fingerprint density at radius 2 is 1.65 bits per heavy atom. The highest BCUT2D eigenvalue weighted by molar-refractivity contribution is 6.00. The van der Waals surface area contributed by atoms with Crippen LogP contribution in [-0.4, -0.2) is 82.0 Å². The molecule has 46 heavy (non-hydrogen) atoms. The molecule has 0 unspecified atom stereocenters. The third kappa shape index (κ3) is 8.20. The summed E-state index contributed by atoms with van der Waals surface area (Å²) in [4.78, 5) is 57.7. The van der Waals surface area contributed by atoms with Crippen molar-refractivity contribution in [3.63, 3.8) is 0 Å². The lowest BCUT2D eigenvalue weighted by Gasteiger charge is -2.36. The monoisotopic (exact) mass is 627 g/mol. The molecule has 2 N–H and O–H groups in total. The Morgan fingerprint density at radius 1 is 0.957 bits per heavy atom. The van der Waals surface area contributed by atoms with Gasteiger partial charge in [-0.05, 0) is 42.0 Å². The van der Waals surface area contributed by atoms with Crippen LogP contribution in [-0.2, 0) is 39.2 Å². The number of nitrogens with zero attached hydrogens (tertiary/aromatic N) is 5. The predicted octanol–water partition coefficient (Wildman–Crippen LogP) is 3.36. The van der Waals surface area contributed by atoms with Crippen molar-refractivity contribution in [1.82, 2.24) is 24.9 Å². The number of piperazine rings is 1. The summed E-state index contributed by atoms with van der Waals surface area (Å²) in [6.45, 7) is 5.37. The first kappa shape index (κ1) is 32.9. The quantitative estimate of drug-likeness (QED) is 0.281. The van der Waals surface area contributed by atoms with Crippen LogP contribution in [0.2, 0.25) is 0 Å². The Labute approximate surface area is 270 Å². The first-order valence-corrected chi connectivity index (χ1v) is 16.3. The van der Waals surface area contributed by atoms with Gasteiger partial charge in [-0.15, -0.1) is 0 Å². The average Bonchev–Trinajstić information content (AvgIpc) is 3.76. The topological polar surface area (TPSA) is 120 Å². The molecule has 0 radical (unpaired) electrons. The van der Waals surface area contributed by atoms with Gasteiger partial charge in [-0.3, -0.25) is 33.7 Å². The molecule has 5 rings (SSSR count). The number of carbonyl (C=O) groups is 4. The number of hydrogen-bond donors (Lipinski definition) is 2. The van der Waals surface area contributed by atoms with Crippen LogP contribution >= 0.6 is 0 Å². The van der Waals surface area contributed by atoms with Crippen molar-refractivity contribution in [3.05, 3.63) is 78.0 Å². The lowest BCUT2D eigenvalue weighted by Crippen LogP contribution is -2.55. The summed E-state index contributed by atoms with van der Waals surface area (Å²) < 4.78 is 1.60.